The van der Waals surface area contributed by atoms with Crippen molar-refractivity contribution in [2.75, 3.05) is 13.7 Å². The van der Waals surface area contributed by atoms with Crippen LogP contribution in [0.25, 0.3) is 0 Å². The van der Waals surface area contributed by atoms with Gasteiger partial charge in [-0.2, -0.15) is 10.5 Å². The summed E-state index contributed by atoms with van der Waals surface area (Å²) in [6.07, 6.45) is 3.06. The van der Waals surface area contributed by atoms with Crippen molar-refractivity contribution in [3.05, 3.63) is 68.0 Å². The molecule has 11 nitrogen and oxygen atoms in total. The summed E-state index contributed by atoms with van der Waals surface area (Å²) in [5, 5.41) is 19.8. The summed E-state index contributed by atoms with van der Waals surface area (Å²) in [6, 6.07) is 11.5. The minimum atomic E-state index is -0.831. The van der Waals surface area contributed by atoms with Gasteiger partial charge in [-0.05, 0) is 71.4 Å². The van der Waals surface area contributed by atoms with Gasteiger partial charge in [0, 0.05) is 30.9 Å². The molecule has 1 aromatic carbocycles. The number of carbonyl (C=O) groups is 2. The lowest BCUT2D eigenvalue weighted by Crippen LogP contribution is -2.48. The largest absolute Gasteiger partial charge is 0.468 e. The Hall–Kier alpha value is -4.38. The van der Waals surface area contributed by atoms with Gasteiger partial charge in [-0.15, -0.1) is 0 Å². The van der Waals surface area contributed by atoms with Crippen LogP contribution in [0.3, 0.4) is 0 Å². The van der Waals surface area contributed by atoms with Crippen molar-refractivity contribution in [1.29, 1.82) is 10.5 Å². The normalized spacial score (nSPS) is 18.6. The van der Waals surface area contributed by atoms with Crippen LogP contribution in [0.1, 0.15) is 69.6 Å². The second-order valence-electron chi connectivity index (χ2n) is 11.4. The average molecular weight is 564 g/mol. The smallest absolute Gasteiger partial charge is 0.410 e. The molecule has 1 aromatic heterocycles. The lowest BCUT2D eigenvalue weighted by atomic mass is 9.68. The monoisotopic (exact) mass is 563 g/mol. The molecule has 11 heteroatoms. The van der Waals surface area contributed by atoms with Crippen molar-refractivity contribution in [3.63, 3.8) is 0 Å². The predicted octanol–water partition coefficient (Wildman–Crippen LogP) is 3.39. The Balaban J connectivity index is 1.82. The third-order valence-electron chi connectivity index (χ3n) is 7.37. The Bertz CT molecular complexity index is 1480. The molecule has 0 spiro atoms. The quantitative estimate of drug-likeness (QED) is 0.444. The first-order valence-corrected chi connectivity index (χ1v) is 13.6. The van der Waals surface area contributed by atoms with Gasteiger partial charge in [0.2, 0.25) is 0 Å². The number of amides is 1. The van der Waals surface area contributed by atoms with E-state index >= 15 is 0 Å². The number of nitrogens with zero attached hydrogens (tertiary/aromatic N) is 5. The zero-order chi connectivity index (χ0) is 30.4. The van der Waals surface area contributed by atoms with Gasteiger partial charge in [0.1, 0.15) is 12.1 Å². The predicted molar refractivity (Wildman–Crippen MR) is 150 cm³/mol. The number of rotatable bonds is 8. The van der Waals surface area contributed by atoms with Crippen LogP contribution >= 0.6 is 0 Å². The lowest BCUT2D eigenvalue weighted by molar-refractivity contribution is -0.141. The lowest BCUT2D eigenvalue weighted by Gasteiger charge is -2.41. The zero-order valence-electron chi connectivity index (χ0n) is 24.3. The number of carbonyl (C=O) groups excluding carboxylic acids is 2. The van der Waals surface area contributed by atoms with E-state index in [1.165, 1.54) is 13.3 Å². The molecular weight excluding hydrogens is 526 g/mol. The second kappa shape index (κ2) is 12.9. The minimum Gasteiger partial charge on any atom is -0.468 e. The van der Waals surface area contributed by atoms with Gasteiger partial charge >= 0.3 is 17.8 Å². The molecule has 1 heterocycles. The number of ether oxygens (including phenoxy) is 2. The molecule has 1 saturated carbocycles. The molecule has 0 aliphatic heterocycles. The van der Waals surface area contributed by atoms with Crippen molar-refractivity contribution in [1.82, 2.24) is 14.0 Å². The van der Waals surface area contributed by atoms with Gasteiger partial charge in [0.05, 0.1) is 30.2 Å². The number of aromatic nitrogens is 2. The number of benzene rings is 1. The van der Waals surface area contributed by atoms with E-state index in [0.29, 0.717) is 42.4 Å². The van der Waals surface area contributed by atoms with Crippen LogP contribution in [-0.4, -0.2) is 51.4 Å². The molecule has 0 saturated heterocycles. The Morgan fingerprint density at radius 3 is 2.39 bits per heavy atom. The molecule has 218 valence electrons. The van der Waals surface area contributed by atoms with Crippen molar-refractivity contribution < 1.29 is 19.1 Å². The highest BCUT2D eigenvalue weighted by Crippen LogP contribution is 2.42. The van der Waals surface area contributed by atoms with E-state index in [1.54, 1.807) is 44.7 Å². The highest BCUT2D eigenvalue weighted by molar-refractivity contribution is 5.69. The molecule has 0 N–H and O–H groups in total. The fourth-order valence-electron chi connectivity index (χ4n) is 5.30. The van der Waals surface area contributed by atoms with Gasteiger partial charge < -0.3 is 14.4 Å². The Morgan fingerprint density at radius 1 is 1.15 bits per heavy atom. The molecule has 3 rings (SSSR count). The third kappa shape index (κ3) is 7.23. The first-order valence-electron chi connectivity index (χ1n) is 13.6. The summed E-state index contributed by atoms with van der Waals surface area (Å²) in [7, 11) is 1.22. The number of esters is 1. The summed E-state index contributed by atoms with van der Waals surface area (Å²) in [4.78, 5) is 52.4. The third-order valence-corrected chi connectivity index (χ3v) is 7.37. The van der Waals surface area contributed by atoms with Crippen LogP contribution in [0.15, 0.2) is 40.1 Å². The zero-order valence-corrected chi connectivity index (χ0v) is 24.3. The number of methoxy groups -OCH3 is 1. The van der Waals surface area contributed by atoms with E-state index in [1.807, 2.05) is 12.1 Å². The number of aryl methyl sites for hydroxylation is 1. The van der Waals surface area contributed by atoms with Crippen LogP contribution < -0.4 is 11.2 Å². The molecule has 0 unspecified atom stereocenters. The van der Waals surface area contributed by atoms with E-state index in [4.69, 9.17) is 4.74 Å². The van der Waals surface area contributed by atoms with Gasteiger partial charge in [-0.1, -0.05) is 18.2 Å². The summed E-state index contributed by atoms with van der Waals surface area (Å²) in [5.41, 5.74) is -1.19. The van der Waals surface area contributed by atoms with Crippen LogP contribution in [-0.2, 0) is 32.8 Å². The molecule has 1 aliphatic rings. The van der Waals surface area contributed by atoms with E-state index in [2.05, 4.69) is 16.9 Å². The number of hydrogen-bond acceptors (Lipinski definition) is 8. The average Bonchev–Trinajstić information content (AvgIpc) is 2.94. The van der Waals surface area contributed by atoms with Gasteiger partial charge in [0.25, 0.3) is 5.56 Å². The van der Waals surface area contributed by atoms with Crippen LogP contribution in [0.5, 0.6) is 0 Å². The van der Waals surface area contributed by atoms with Crippen LogP contribution in [0, 0.1) is 29.6 Å². The molecular formula is C30H37N5O6. The number of nitriles is 2. The second-order valence-corrected chi connectivity index (χ2v) is 11.4. The maximum Gasteiger partial charge on any atom is 0.410 e. The molecule has 1 amide bonds. The summed E-state index contributed by atoms with van der Waals surface area (Å²) in [6.45, 7) is 6.82. The Kier molecular flexibility index (Phi) is 9.77. The highest BCUT2D eigenvalue weighted by Gasteiger charge is 2.41. The minimum absolute atomic E-state index is 0.0320. The standard InChI is InChI=1S/C30H37N5O6/c1-21-18-33(19-25(36)40-5)27(38)35(26(21)37)16-8-15-34(28(39)41-29(2,3)4)23-11-13-30(20-32,14-12-23)24-10-7-6-9-22(24)17-31/h6-7,9-10,18,23H,8,11-16,19H2,1-5H3/t23-,30+. The molecule has 2 aromatic rings. The summed E-state index contributed by atoms with van der Waals surface area (Å²) in [5.74, 6) is -0.615. The van der Waals surface area contributed by atoms with Crippen LogP contribution in [0.4, 0.5) is 4.79 Å². The molecule has 0 bridgehead atoms. The van der Waals surface area contributed by atoms with Crippen LogP contribution in [0.2, 0.25) is 0 Å². The molecule has 41 heavy (non-hydrogen) atoms. The van der Waals surface area contributed by atoms with E-state index in [-0.39, 0.29) is 32.1 Å². The molecule has 0 atom stereocenters. The first kappa shape index (κ1) is 31.2. The summed E-state index contributed by atoms with van der Waals surface area (Å²) >= 11 is 0. The van der Waals surface area contributed by atoms with Gasteiger partial charge in [-0.3, -0.25) is 18.7 Å². The van der Waals surface area contributed by atoms with Crippen molar-refractivity contribution in [3.8, 4) is 12.1 Å². The molecule has 0 radical (unpaired) electrons. The maximum absolute atomic E-state index is 13.3. The fourth-order valence-corrected chi connectivity index (χ4v) is 5.30. The van der Waals surface area contributed by atoms with Crippen molar-refractivity contribution in [2.24, 2.45) is 0 Å². The van der Waals surface area contributed by atoms with Gasteiger partial charge in [0.15, 0.2) is 0 Å². The fraction of sp³-hybridized carbons (Fsp3) is 0.533. The van der Waals surface area contributed by atoms with Gasteiger partial charge in [-0.25, -0.2) is 9.59 Å². The number of hydrogen-bond donors (Lipinski definition) is 0. The maximum atomic E-state index is 13.3. The Labute approximate surface area is 239 Å². The van der Waals surface area contributed by atoms with E-state index in [0.717, 1.165) is 9.13 Å². The van der Waals surface area contributed by atoms with E-state index in [9.17, 15) is 29.7 Å². The summed E-state index contributed by atoms with van der Waals surface area (Å²) < 4.78 is 12.5. The van der Waals surface area contributed by atoms with Crippen molar-refractivity contribution >= 4 is 12.1 Å². The topological polar surface area (TPSA) is 147 Å². The molecule has 1 aliphatic carbocycles. The first-order chi connectivity index (χ1) is 19.4. The van der Waals surface area contributed by atoms with E-state index < -0.39 is 34.3 Å². The highest BCUT2D eigenvalue weighted by atomic mass is 16.6. The Morgan fingerprint density at radius 2 is 1.80 bits per heavy atom. The molecule has 1 fully saturated rings. The van der Waals surface area contributed by atoms with Crippen molar-refractivity contribution in [2.45, 2.75) is 89.9 Å². The SMILES string of the molecule is COC(=O)Cn1cc(C)c(=O)n(CCCN(C(=O)OC(C)(C)C)[C@H]2CC[C@@](C#N)(c3ccccc3C#N)CC2)c1=O.